The van der Waals surface area contributed by atoms with Crippen molar-refractivity contribution in [1.29, 1.82) is 0 Å². The van der Waals surface area contributed by atoms with Gasteiger partial charge in [0.1, 0.15) is 6.29 Å². The molecule has 43 heavy (non-hydrogen) atoms. The molecule has 0 unspecified atom stereocenters. The minimum atomic E-state index is 0.561. The van der Waals surface area contributed by atoms with Gasteiger partial charge in [0.2, 0.25) is 0 Å². The SMILES string of the molecule is CCCN(CCC)CCCCN.[C-]#[N+]c1ccc(C=O)cc1.[C-]#[N+]c1ccc(CNCCCCN(CCC)CCC)cc1. The van der Waals surface area contributed by atoms with Crippen molar-refractivity contribution in [3.8, 4) is 0 Å². The Morgan fingerprint density at radius 1 is 0.674 bits per heavy atom. The lowest BCUT2D eigenvalue weighted by Crippen LogP contribution is -2.27. The van der Waals surface area contributed by atoms with E-state index in [1.54, 1.807) is 24.3 Å². The molecule has 3 N–H and O–H groups in total. The Balaban J connectivity index is 0.000000677. The van der Waals surface area contributed by atoms with Gasteiger partial charge in [-0.05, 0) is 109 Å². The number of unbranched alkanes of at least 4 members (excludes halogenated alkanes) is 2. The third kappa shape index (κ3) is 22.2. The van der Waals surface area contributed by atoms with Gasteiger partial charge in [-0.3, -0.25) is 4.79 Å². The van der Waals surface area contributed by atoms with Crippen LogP contribution in [0, 0.1) is 13.1 Å². The zero-order valence-corrected chi connectivity index (χ0v) is 27.5. The van der Waals surface area contributed by atoms with E-state index in [-0.39, 0.29) is 0 Å². The first kappa shape index (κ1) is 39.9. The number of carbonyl (C=O) groups excluding carboxylic acids is 1. The molecule has 0 amide bonds. The van der Waals surface area contributed by atoms with Crippen molar-refractivity contribution >= 4 is 17.7 Å². The number of nitrogens with zero attached hydrogens (tertiary/aromatic N) is 4. The van der Waals surface area contributed by atoms with E-state index in [0.717, 1.165) is 25.9 Å². The maximum atomic E-state index is 10.1. The number of hydrogen-bond donors (Lipinski definition) is 2. The lowest BCUT2D eigenvalue weighted by Gasteiger charge is -2.20. The van der Waals surface area contributed by atoms with Gasteiger partial charge in [0.05, 0.1) is 13.1 Å². The summed E-state index contributed by atoms with van der Waals surface area (Å²) in [6.45, 7) is 32.7. The summed E-state index contributed by atoms with van der Waals surface area (Å²) in [5.41, 5.74) is 8.57. The van der Waals surface area contributed by atoms with Crippen molar-refractivity contribution in [3.05, 3.63) is 82.5 Å². The molecular weight excluding hydrogens is 532 g/mol. The zero-order valence-electron chi connectivity index (χ0n) is 27.5. The summed E-state index contributed by atoms with van der Waals surface area (Å²) in [6.07, 6.45) is 10.7. The Kier molecular flexibility index (Phi) is 26.9. The van der Waals surface area contributed by atoms with E-state index in [2.05, 4.69) is 52.5 Å². The number of aldehydes is 1. The van der Waals surface area contributed by atoms with Crippen LogP contribution in [-0.2, 0) is 6.54 Å². The van der Waals surface area contributed by atoms with Crippen LogP contribution in [0.25, 0.3) is 9.69 Å². The monoisotopic (exact) mass is 590 g/mol. The average molecular weight is 591 g/mol. The molecule has 0 saturated carbocycles. The highest BCUT2D eigenvalue weighted by Gasteiger charge is 2.02. The largest absolute Gasteiger partial charge is 0.330 e. The Bertz CT molecular complexity index is 982. The van der Waals surface area contributed by atoms with Gasteiger partial charge >= 0.3 is 0 Å². The predicted octanol–water partition coefficient (Wildman–Crippen LogP) is 8.13. The number of nitrogens with two attached hydrogens (primary N) is 1. The summed E-state index contributed by atoms with van der Waals surface area (Å²) in [5, 5.41) is 3.48. The molecule has 7 nitrogen and oxygen atoms in total. The lowest BCUT2D eigenvalue weighted by atomic mass is 10.2. The first-order chi connectivity index (χ1) is 21.0. The number of benzene rings is 2. The quantitative estimate of drug-likeness (QED) is 0.0926. The number of hydrogen-bond acceptors (Lipinski definition) is 5. The molecule has 0 saturated heterocycles. The summed E-state index contributed by atoms with van der Waals surface area (Å²) in [6, 6.07) is 14.3. The van der Waals surface area contributed by atoms with Crippen molar-refractivity contribution in [2.45, 2.75) is 85.6 Å². The van der Waals surface area contributed by atoms with Gasteiger partial charge in [0.15, 0.2) is 11.4 Å². The number of rotatable bonds is 20. The molecule has 238 valence electrons. The van der Waals surface area contributed by atoms with E-state index in [1.165, 1.54) is 96.2 Å². The van der Waals surface area contributed by atoms with Gasteiger partial charge in [-0.25, -0.2) is 9.69 Å². The Morgan fingerprint density at radius 2 is 1.12 bits per heavy atom. The fourth-order valence-corrected chi connectivity index (χ4v) is 4.55. The summed E-state index contributed by atoms with van der Waals surface area (Å²) < 4.78 is 0. The van der Waals surface area contributed by atoms with E-state index >= 15 is 0 Å². The molecule has 0 aliphatic heterocycles. The minimum absolute atomic E-state index is 0.561. The topological polar surface area (TPSA) is 70.3 Å². The second-order valence-corrected chi connectivity index (χ2v) is 10.7. The first-order valence-electron chi connectivity index (χ1n) is 16.3. The van der Waals surface area contributed by atoms with Crippen LogP contribution in [0.1, 0.15) is 95.0 Å². The Labute approximate surface area is 263 Å². The third-order valence-corrected chi connectivity index (χ3v) is 6.72. The molecule has 2 aromatic carbocycles. The van der Waals surface area contributed by atoms with Crippen LogP contribution in [0.15, 0.2) is 48.5 Å². The molecule has 2 rings (SSSR count). The van der Waals surface area contributed by atoms with Crippen molar-refractivity contribution in [3.63, 3.8) is 0 Å². The second kappa shape index (κ2) is 29.0. The van der Waals surface area contributed by atoms with Crippen molar-refractivity contribution in [1.82, 2.24) is 15.1 Å². The predicted molar refractivity (Wildman–Crippen MR) is 184 cm³/mol. The molecule has 0 aliphatic rings. The molecule has 7 heteroatoms. The van der Waals surface area contributed by atoms with E-state index < -0.39 is 0 Å². The fourth-order valence-electron chi connectivity index (χ4n) is 4.55. The maximum absolute atomic E-state index is 10.1. The smallest absolute Gasteiger partial charge is 0.187 e. The van der Waals surface area contributed by atoms with Gasteiger partial charge in [-0.1, -0.05) is 76.2 Å². The third-order valence-electron chi connectivity index (χ3n) is 6.72. The van der Waals surface area contributed by atoms with Crippen LogP contribution in [0.4, 0.5) is 11.4 Å². The Hall–Kier alpha value is -3.07. The number of nitrogens with one attached hydrogen (secondary N) is 1. The summed E-state index contributed by atoms with van der Waals surface area (Å²) >= 11 is 0. The molecule has 0 spiro atoms. The van der Waals surface area contributed by atoms with Crippen LogP contribution in [-0.4, -0.2) is 68.4 Å². The van der Waals surface area contributed by atoms with Crippen molar-refractivity contribution < 1.29 is 4.79 Å². The first-order valence-corrected chi connectivity index (χ1v) is 16.3. The van der Waals surface area contributed by atoms with Gasteiger partial charge in [-0.2, -0.15) is 0 Å². The van der Waals surface area contributed by atoms with Gasteiger partial charge in [0, 0.05) is 12.1 Å². The lowest BCUT2D eigenvalue weighted by molar-refractivity contribution is 0.112. The van der Waals surface area contributed by atoms with Crippen molar-refractivity contribution in [2.24, 2.45) is 5.73 Å². The second-order valence-electron chi connectivity index (χ2n) is 10.7. The van der Waals surface area contributed by atoms with E-state index in [1.807, 2.05) is 24.3 Å². The summed E-state index contributed by atoms with van der Waals surface area (Å²) in [5.74, 6) is 0. The van der Waals surface area contributed by atoms with Crippen LogP contribution >= 0.6 is 0 Å². The highest BCUT2D eigenvalue weighted by Crippen LogP contribution is 2.12. The van der Waals surface area contributed by atoms with Crippen LogP contribution in [0.2, 0.25) is 0 Å². The van der Waals surface area contributed by atoms with Gasteiger partial charge in [0.25, 0.3) is 0 Å². The van der Waals surface area contributed by atoms with E-state index in [9.17, 15) is 4.79 Å². The molecular formula is C36H58N6O. The van der Waals surface area contributed by atoms with Crippen LogP contribution in [0.3, 0.4) is 0 Å². The zero-order chi connectivity index (χ0) is 32.0. The maximum Gasteiger partial charge on any atom is 0.187 e. The number of carbonyl (C=O) groups is 1. The highest BCUT2D eigenvalue weighted by atomic mass is 16.1. The average Bonchev–Trinajstić information content (AvgIpc) is 3.04. The van der Waals surface area contributed by atoms with Crippen LogP contribution in [0.5, 0.6) is 0 Å². The molecule has 2 aromatic rings. The molecule has 0 heterocycles. The highest BCUT2D eigenvalue weighted by molar-refractivity contribution is 5.75. The summed E-state index contributed by atoms with van der Waals surface area (Å²) in [4.78, 5) is 21.8. The van der Waals surface area contributed by atoms with Gasteiger partial charge < -0.3 is 20.9 Å². The van der Waals surface area contributed by atoms with E-state index in [0.29, 0.717) is 16.9 Å². The van der Waals surface area contributed by atoms with Crippen LogP contribution < -0.4 is 11.1 Å². The molecule has 0 atom stereocenters. The molecule has 0 aliphatic carbocycles. The fraction of sp³-hybridized carbons (Fsp3) is 0.583. The van der Waals surface area contributed by atoms with E-state index in [4.69, 9.17) is 18.9 Å². The molecule has 0 bridgehead atoms. The minimum Gasteiger partial charge on any atom is -0.330 e. The molecule has 0 radical (unpaired) electrons. The Morgan fingerprint density at radius 3 is 1.51 bits per heavy atom. The summed E-state index contributed by atoms with van der Waals surface area (Å²) in [7, 11) is 0. The van der Waals surface area contributed by atoms with Crippen molar-refractivity contribution in [2.75, 3.05) is 52.4 Å². The van der Waals surface area contributed by atoms with Gasteiger partial charge in [-0.15, -0.1) is 0 Å². The normalized spacial score (nSPS) is 10.3. The standard InChI is InChI=1S/C18H29N3.C10H24N2.C8H5NO/c1-4-13-21(14-5-2)15-7-6-12-20-16-17-8-10-18(19-3)11-9-17;1-3-8-12(9-4-2)10-6-5-7-11;1-9-8-4-2-7(6-10)3-5-8/h8-11,20H,4-7,12-16H2,1-2H3;3-11H2,1-2H3;2-6H. The molecule has 0 fully saturated rings. The molecule has 0 aromatic heterocycles.